The van der Waals surface area contributed by atoms with Crippen LogP contribution < -0.4 is 10.6 Å². The van der Waals surface area contributed by atoms with E-state index in [9.17, 15) is 9.59 Å². The third-order valence-electron chi connectivity index (χ3n) is 2.46. The fraction of sp³-hybridized carbons (Fsp3) is 0.286. The predicted molar refractivity (Wildman–Crippen MR) is 71.4 cm³/mol. The molecule has 0 saturated carbocycles. The quantitative estimate of drug-likeness (QED) is 0.698. The summed E-state index contributed by atoms with van der Waals surface area (Å²) in [5, 5.41) is 13.7. The molecular formula is C14H16N2O3. The molecule has 1 aromatic rings. The van der Waals surface area contributed by atoms with Gasteiger partial charge in [0.25, 0.3) is 0 Å². The van der Waals surface area contributed by atoms with E-state index >= 15 is 0 Å². The van der Waals surface area contributed by atoms with Crippen LogP contribution in [-0.2, 0) is 11.3 Å². The van der Waals surface area contributed by atoms with Gasteiger partial charge in [0.15, 0.2) is 0 Å². The molecule has 0 fully saturated rings. The Morgan fingerprint density at radius 3 is 2.79 bits per heavy atom. The first-order valence-corrected chi connectivity index (χ1v) is 5.79. The number of terminal acetylenes is 1. The Balaban J connectivity index is 2.47. The van der Waals surface area contributed by atoms with Crippen molar-refractivity contribution in [2.24, 2.45) is 0 Å². The molecule has 19 heavy (non-hydrogen) atoms. The number of carbonyl (C=O) groups is 2. The number of aryl methyl sites for hydroxylation is 1. The number of rotatable bonds is 5. The Morgan fingerprint density at radius 1 is 1.47 bits per heavy atom. The highest BCUT2D eigenvalue weighted by molar-refractivity contribution is 5.82. The van der Waals surface area contributed by atoms with Gasteiger partial charge in [0.1, 0.15) is 6.04 Å². The van der Waals surface area contributed by atoms with Crippen molar-refractivity contribution in [1.29, 1.82) is 0 Å². The Morgan fingerprint density at radius 2 is 2.21 bits per heavy atom. The van der Waals surface area contributed by atoms with Gasteiger partial charge in [-0.25, -0.2) is 9.59 Å². The molecule has 0 saturated heterocycles. The molecule has 5 nitrogen and oxygen atoms in total. The van der Waals surface area contributed by atoms with Crippen LogP contribution in [0.2, 0.25) is 0 Å². The Kier molecular flexibility index (Phi) is 5.42. The zero-order valence-electron chi connectivity index (χ0n) is 10.6. The molecule has 1 rings (SSSR count). The van der Waals surface area contributed by atoms with Gasteiger partial charge in [-0.3, -0.25) is 0 Å². The number of amides is 2. The van der Waals surface area contributed by atoms with Gasteiger partial charge < -0.3 is 15.7 Å². The van der Waals surface area contributed by atoms with Gasteiger partial charge in [-0.05, 0) is 12.5 Å². The minimum Gasteiger partial charge on any atom is -0.480 e. The van der Waals surface area contributed by atoms with Crippen LogP contribution in [0.3, 0.4) is 0 Å². The van der Waals surface area contributed by atoms with E-state index in [1.807, 2.05) is 31.2 Å². The Hall–Kier alpha value is -2.48. The molecule has 1 atom stereocenters. The highest BCUT2D eigenvalue weighted by atomic mass is 16.4. The highest BCUT2D eigenvalue weighted by Crippen LogP contribution is 2.03. The van der Waals surface area contributed by atoms with Crippen molar-refractivity contribution in [2.45, 2.75) is 25.9 Å². The second-order valence-electron chi connectivity index (χ2n) is 4.12. The molecular weight excluding hydrogens is 244 g/mol. The molecule has 1 unspecified atom stereocenters. The van der Waals surface area contributed by atoms with E-state index in [1.54, 1.807) is 0 Å². The van der Waals surface area contributed by atoms with Crippen LogP contribution in [0.4, 0.5) is 4.79 Å². The van der Waals surface area contributed by atoms with E-state index < -0.39 is 18.0 Å². The molecule has 3 N–H and O–H groups in total. The lowest BCUT2D eigenvalue weighted by Gasteiger charge is -2.13. The highest BCUT2D eigenvalue weighted by Gasteiger charge is 2.18. The molecule has 0 aromatic heterocycles. The summed E-state index contributed by atoms with van der Waals surface area (Å²) >= 11 is 0. The van der Waals surface area contributed by atoms with Crippen molar-refractivity contribution < 1.29 is 14.7 Å². The number of hydrogen-bond donors (Lipinski definition) is 3. The van der Waals surface area contributed by atoms with Crippen LogP contribution in [0.25, 0.3) is 0 Å². The number of urea groups is 1. The van der Waals surface area contributed by atoms with Crippen molar-refractivity contribution in [3.63, 3.8) is 0 Å². The van der Waals surface area contributed by atoms with Crippen LogP contribution in [-0.4, -0.2) is 23.1 Å². The first-order chi connectivity index (χ1) is 9.02. The molecule has 100 valence electrons. The normalized spacial score (nSPS) is 11.2. The lowest BCUT2D eigenvalue weighted by atomic mass is 10.1. The summed E-state index contributed by atoms with van der Waals surface area (Å²) in [6.45, 7) is 2.28. The third-order valence-corrected chi connectivity index (χ3v) is 2.46. The van der Waals surface area contributed by atoms with E-state index in [-0.39, 0.29) is 6.42 Å². The summed E-state index contributed by atoms with van der Waals surface area (Å²) < 4.78 is 0. The van der Waals surface area contributed by atoms with Crippen LogP contribution in [0.15, 0.2) is 24.3 Å². The summed E-state index contributed by atoms with van der Waals surface area (Å²) in [7, 11) is 0. The van der Waals surface area contributed by atoms with Crippen LogP contribution in [0.5, 0.6) is 0 Å². The largest absolute Gasteiger partial charge is 0.480 e. The first-order valence-electron chi connectivity index (χ1n) is 5.79. The van der Waals surface area contributed by atoms with Crippen molar-refractivity contribution in [3.8, 4) is 12.3 Å². The maximum atomic E-state index is 11.5. The number of benzene rings is 1. The minimum atomic E-state index is -1.15. The van der Waals surface area contributed by atoms with E-state index in [0.717, 1.165) is 11.1 Å². The van der Waals surface area contributed by atoms with Gasteiger partial charge >= 0.3 is 12.0 Å². The summed E-state index contributed by atoms with van der Waals surface area (Å²) in [4.78, 5) is 22.3. The van der Waals surface area contributed by atoms with E-state index in [1.165, 1.54) is 0 Å². The maximum absolute atomic E-state index is 11.5. The molecule has 0 aliphatic carbocycles. The fourth-order valence-electron chi connectivity index (χ4n) is 1.53. The number of carbonyl (C=O) groups excluding carboxylic acids is 1. The van der Waals surface area contributed by atoms with Gasteiger partial charge in [0.2, 0.25) is 0 Å². The SMILES string of the molecule is C#CCC(NC(=O)NCc1cccc(C)c1)C(=O)O. The van der Waals surface area contributed by atoms with Gasteiger partial charge in [-0.1, -0.05) is 29.8 Å². The lowest BCUT2D eigenvalue weighted by molar-refractivity contribution is -0.139. The van der Waals surface area contributed by atoms with E-state index in [0.29, 0.717) is 6.54 Å². The predicted octanol–water partition coefficient (Wildman–Crippen LogP) is 1.27. The van der Waals surface area contributed by atoms with Crippen LogP contribution >= 0.6 is 0 Å². The zero-order chi connectivity index (χ0) is 14.3. The Bertz CT molecular complexity index is 506. The lowest BCUT2D eigenvalue weighted by Crippen LogP contribution is -2.45. The van der Waals surface area contributed by atoms with Gasteiger partial charge in [0, 0.05) is 13.0 Å². The zero-order valence-corrected chi connectivity index (χ0v) is 10.6. The monoisotopic (exact) mass is 260 g/mol. The fourth-order valence-corrected chi connectivity index (χ4v) is 1.53. The average Bonchev–Trinajstić information content (AvgIpc) is 2.36. The van der Waals surface area contributed by atoms with Crippen LogP contribution in [0, 0.1) is 19.3 Å². The Labute approximate surface area is 112 Å². The molecule has 0 aliphatic rings. The summed E-state index contributed by atoms with van der Waals surface area (Å²) in [5.74, 6) is 1.06. The smallest absolute Gasteiger partial charge is 0.327 e. The number of hydrogen-bond acceptors (Lipinski definition) is 2. The number of nitrogens with one attached hydrogen (secondary N) is 2. The van der Waals surface area contributed by atoms with Crippen molar-refractivity contribution in [3.05, 3.63) is 35.4 Å². The van der Waals surface area contributed by atoms with Gasteiger partial charge in [-0.15, -0.1) is 12.3 Å². The second kappa shape index (κ2) is 7.07. The maximum Gasteiger partial charge on any atom is 0.327 e. The van der Waals surface area contributed by atoms with E-state index in [2.05, 4.69) is 16.6 Å². The first kappa shape index (κ1) is 14.6. The summed E-state index contributed by atoms with van der Waals surface area (Å²) in [6.07, 6.45) is 4.99. The van der Waals surface area contributed by atoms with Crippen molar-refractivity contribution in [2.75, 3.05) is 0 Å². The van der Waals surface area contributed by atoms with Gasteiger partial charge in [-0.2, -0.15) is 0 Å². The second-order valence-corrected chi connectivity index (χ2v) is 4.12. The minimum absolute atomic E-state index is 0.0484. The number of carboxylic acids is 1. The third kappa shape index (κ3) is 5.13. The molecule has 5 heteroatoms. The molecule has 0 radical (unpaired) electrons. The van der Waals surface area contributed by atoms with E-state index in [4.69, 9.17) is 11.5 Å². The van der Waals surface area contributed by atoms with Crippen molar-refractivity contribution >= 4 is 12.0 Å². The van der Waals surface area contributed by atoms with Crippen molar-refractivity contribution in [1.82, 2.24) is 10.6 Å². The molecule has 0 bridgehead atoms. The molecule has 0 spiro atoms. The molecule has 0 aliphatic heterocycles. The van der Waals surface area contributed by atoms with Crippen LogP contribution in [0.1, 0.15) is 17.5 Å². The molecule has 2 amide bonds. The number of aliphatic carboxylic acids is 1. The molecule has 0 heterocycles. The van der Waals surface area contributed by atoms with Gasteiger partial charge in [0.05, 0.1) is 0 Å². The molecule has 1 aromatic carbocycles. The average molecular weight is 260 g/mol. The topological polar surface area (TPSA) is 78.4 Å². The summed E-state index contributed by atoms with van der Waals surface area (Å²) in [5.41, 5.74) is 2.04. The standard InChI is InChI=1S/C14H16N2O3/c1-3-5-12(13(17)18)16-14(19)15-9-11-7-4-6-10(2)8-11/h1,4,6-8,12H,5,9H2,2H3,(H,17,18)(H2,15,16,19). The number of carboxylic acid groups (broad SMARTS) is 1. The summed E-state index contributed by atoms with van der Waals surface area (Å²) in [6, 6.07) is 6.05.